The number of hydrogen-bond acceptors (Lipinski definition) is 6. The summed E-state index contributed by atoms with van der Waals surface area (Å²) < 4.78 is 7.06. The number of hydrogen-bond donors (Lipinski definition) is 1. The van der Waals surface area contributed by atoms with Crippen LogP contribution in [-0.2, 0) is 0 Å². The van der Waals surface area contributed by atoms with Crippen molar-refractivity contribution in [3.05, 3.63) is 58.8 Å². The summed E-state index contributed by atoms with van der Waals surface area (Å²) in [7, 11) is 0. The van der Waals surface area contributed by atoms with Crippen LogP contribution in [0.25, 0.3) is 16.9 Å². The van der Waals surface area contributed by atoms with Gasteiger partial charge in [0, 0.05) is 11.4 Å². The fourth-order valence-electron chi connectivity index (χ4n) is 3.23. The number of pyridine rings is 2. The average Bonchev–Trinajstić information content (AvgIpc) is 3.23. The van der Waals surface area contributed by atoms with E-state index in [4.69, 9.17) is 4.52 Å². The van der Waals surface area contributed by atoms with E-state index in [1.165, 1.54) is 0 Å². The van der Waals surface area contributed by atoms with Crippen molar-refractivity contribution in [2.45, 2.75) is 40.5 Å². The van der Waals surface area contributed by atoms with Gasteiger partial charge in [0.15, 0.2) is 5.82 Å². The smallest absolute Gasteiger partial charge is 0.259 e. The standard InChI is InChI=1S/C21H22N6O2/c1-11(2)17-9-16(19-14(5)26-29-21(19)24-17)20(28)23-15-6-7-18(22-10-15)27-13(4)8-12(3)25-27/h6-11H,1-5H3,(H,23,28). The van der Waals surface area contributed by atoms with Gasteiger partial charge in [0.05, 0.1) is 34.2 Å². The zero-order valence-corrected chi connectivity index (χ0v) is 17.0. The lowest BCUT2D eigenvalue weighted by Gasteiger charge is -2.10. The van der Waals surface area contributed by atoms with Gasteiger partial charge in [-0.05, 0) is 51.0 Å². The minimum absolute atomic E-state index is 0.151. The maximum atomic E-state index is 13.0. The Hall–Kier alpha value is -3.55. The maximum absolute atomic E-state index is 13.0. The van der Waals surface area contributed by atoms with Gasteiger partial charge in [-0.25, -0.2) is 14.6 Å². The Morgan fingerprint density at radius 1 is 1.17 bits per heavy atom. The lowest BCUT2D eigenvalue weighted by molar-refractivity contribution is 0.102. The van der Waals surface area contributed by atoms with E-state index in [2.05, 4.69) is 25.5 Å². The van der Waals surface area contributed by atoms with Crippen LogP contribution in [0.4, 0.5) is 5.69 Å². The Kier molecular flexibility index (Phi) is 4.62. The highest BCUT2D eigenvalue weighted by atomic mass is 16.5. The Labute approximate surface area is 168 Å². The molecule has 0 saturated carbocycles. The van der Waals surface area contributed by atoms with Gasteiger partial charge >= 0.3 is 0 Å². The molecule has 1 N–H and O–H groups in total. The van der Waals surface area contributed by atoms with Crippen molar-refractivity contribution in [3.63, 3.8) is 0 Å². The van der Waals surface area contributed by atoms with Gasteiger partial charge < -0.3 is 9.84 Å². The molecule has 0 bridgehead atoms. The summed E-state index contributed by atoms with van der Waals surface area (Å²) in [6.07, 6.45) is 1.62. The molecule has 0 aliphatic carbocycles. The SMILES string of the molecule is Cc1cc(C)n(-c2ccc(NC(=O)c3cc(C(C)C)nc4onc(C)c34)cn2)n1. The van der Waals surface area contributed by atoms with Crippen molar-refractivity contribution < 1.29 is 9.32 Å². The molecular formula is C21H22N6O2. The van der Waals surface area contributed by atoms with Crippen LogP contribution in [0.3, 0.4) is 0 Å². The van der Waals surface area contributed by atoms with Crippen LogP contribution in [0.1, 0.15) is 52.9 Å². The van der Waals surface area contributed by atoms with Gasteiger partial charge in [-0.1, -0.05) is 19.0 Å². The minimum Gasteiger partial charge on any atom is -0.336 e. The fourth-order valence-corrected chi connectivity index (χ4v) is 3.23. The fraction of sp³-hybridized carbons (Fsp3) is 0.286. The molecule has 8 nitrogen and oxygen atoms in total. The van der Waals surface area contributed by atoms with Gasteiger partial charge in [0.25, 0.3) is 11.6 Å². The monoisotopic (exact) mass is 390 g/mol. The molecule has 8 heteroatoms. The number of carbonyl (C=O) groups excluding carboxylic acids is 1. The number of aryl methyl sites for hydroxylation is 3. The predicted octanol–water partition coefficient (Wildman–Crippen LogP) is 4.10. The van der Waals surface area contributed by atoms with Gasteiger partial charge in [0.2, 0.25) is 0 Å². The number of amides is 1. The van der Waals surface area contributed by atoms with E-state index in [0.29, 0.717) is 33.9 Å². The Morgan fingerprint density at radius 3 is 2.59 bits per heavy atom. The molecule has 0 aromatic carbocycles. The summed E-state index contributed by atoms with van der Waals surface area (Å²) in [5.74, 6) is 0.584. The predicted molar refractivity (Wildman–Crippen MR) is 109 cm³/mol. The molecular weight excluding hydrogens is 368 g/mol. The van der Waals surface area contributed by atoms with Gasteiger partial charge in [0.1, 0.15) is 0 Å². The first-order chi connectivity index (χ1) is 13.8. The summed E-state index contributed by atoms with van der Waals surface area (Å²) in [5.41, 5.74) is 4.77. The van der Waals surface area contributed by atoms with Crippen molar-refractivity contribution in [3.8, 4) is 5.82 Å². The zero-order chi connectivity index (χ0) is 20.7. The second kappa shape index (κ2) is 7.12. The first kappa shape index (κ1) is 18.8. The van der Waals surface area contributed by atoms with E-state index in [1.54, 1.807) is 29.9 Å². The molecule has 0 fully saturated rings. The second-order valence-electron chi connectivity index (χ2n) is 7.40. The highest BCUT2D eigenvalue weighted by molar-refractivity contribution is 6.12. The molecule has 4 rings (SSSR count). The number of nitrogens with one attached hydrogen (secondary N) is 1. The lowest BCUT2D eigenvalue weighted by Crippen LogP contribution is -2.14. The highest BCUT2D eigenvalue weighted by Crippen LogP contribution is 2.26. The third-order valence-electron chi connectivity index (χ3n) is 4.71. The molecule has 0 spiro atoms. The zero-order valence-electron chi connectivity index (χ0n) is 17.0. The highest BCUT2D eigenvalue weighted by Gasteiger charge is 2.20. The van der Waals surface area contributed by atoms with Crippen LogP contribution in [0.15, 0.2) is 35.0 Å². The first-order valence-electron chi connectivity index (χ1n) is 9.41. The van der Waals surface area contributed by atoms with Crippen molar-refractivity contribution >= 4 is 22.7 Å². The van der Waals surface area contributed by atoms with Crippen molar-refractivity contribution in [2.24, 2.45) is 0 Å². The van der Waals surface area contributed by atoms with Crippen LogP contribution in [0, 0.1) is 20.8 Å². The molecule has 148 valence electrons. The topological polar surface area (TPSA) is 98.7 Å². The summed E-state index contributed by atoms with van der Waals surface area (Å²) in [4.78, 5) is 21.9. The van der Waals surface area contributed by atoms with Crippen molar-refractivity contribution in [1.29, 1.82) is 0 Å². The van der Waals surface area contributed by atoms with Gasteiger partial charge in [-0.2, -0.15) is 5.10 Å². The summed E-state index contributed by atoms with van der Waals surface area (Å²) in [5, 5.41) is 11.9. The molecule has 0 aliphatic rings. The molecule has 0 radical (unpaired) electrons. The molecule has 4 aromatic heterocycles. The third kappa shape index (κ3) is 3.49. The number of carbonyl (C=O) groups is 1. The second-order valence-corrected chi connectivity index (χ2v) is 7.40. The van der Waals surface area contributed by atoms with Crippen LogP contribution in [-0.4, -0.2) is 30.8 Å². The van der Waals surface area contributed by atoms with Gasteiger partial charge in [-0.3, -0.25) is 4.79 Å². The molecule has 0 saturated heterocycles. The molecule has 0 unspecified atom stereocenters. The quantitative estimate of drug-likeness (QED) is 0.563. The van der Waals surface area contributed by atoms with E-state index in [-0.39, 0.29) is 11.8 Å². The molecule has 0 aliphatic heterocycles. The first-order valence-corrected chi connectivity index (χ1v) is 9.41. The Balaban J connectivity index is 1.64. The molecule has 29 heavy (non-hydrogen) atoms. The third-order valence-corrected chi connectivity index (χ3v) is 4.71. The summed E-state index contributed by atoms with van der Waals surface area (Å²) in [6.45, 7) is 9.73. The van der Waals surface area contributed by atoms with Crippen LogP contribution >= 0.6 is 0 Å². The molecule has 1 amide bonds. The van der Waals surface area contributed by atoms with Crippen LogP contribution < -0.4 is 5.32 Å². The summed E-state index contributed by atoms with van der Waals surface area (Å²) in [6, 6.07) is 7.41. The normalized spacial score (nSPS) is 11.4. The maximum Gasteiger partial charge on any atom is 0.259 e. The average molecular weight is 390 g/mol. The molecule has 0 atom stereocenters. The summed E-state index contributed by atoms with van der Waals surface area (Å²) >= 11 is 0. The number of anilines is 1. The number of rotatable bonds is 4. The van der Waals surface area contributed by atoms with Crippen LogP contribution in [0.2, 0.25) is 0 Å². The van der Waals surface area contributed by atoms with E-state index in [9.17, 15) is 4.79 Å². The molecule has 4 heterocycles. The van der Waals surface area contributed by atoms with Gasteiger partial charge in [-0.15, -0.1) is 0 Å². The van der Waals surface area contributed by atoms with E-state index >= 15 is 0 Å². The van der Waals surface area contributed by atoms with E-state index < -0.39 is 0 Å². The number of aromatic nitrogens is 5. The Morgan fingerprint density at radius 2 is 1.97 bits per heavy atom. The van der Waals surface area contributed by atoms with Crippen molar-refractivity contribution in [2.75, 3.05) is 5.32 Å². The van der Waals surface area contributed by atoms with E-state index in [1.807, 2.05) is 39.8 Å². The minimum atomic E-state index is -0.258. The largest absolute Gasteiger partial charge is 0.336 e. The lowest BCUT2D eigenvalue weighted by atomic mass is 10.0. The van der Waals surface area contributed by atoms with Crippen LogP contribution in [0.5, 0.6) is 0 Å². The molecule has 4 aromatic rings. The number of fused-ring (bicyclic) bond motifs is 1. The van der Waals surface area contributed by atoms with E-state index in [0.717, 1.165) is 17.1 Å². The van der Waals surface area contributed by atoms with Crippen molar-refractivity contribution in [1.82, 2.24) is 24.9 Å². The number of nitrogens with zero attached hydrogens (tertiary/aromatic N) is 5. The Bertz CT molecular complexity index is 1200.